The van der Waals surface area contributed by atoms with Crippen molar-refractivity contribution in [3.63, 3.8) is 0 Å². The normalized spacial score (nSPS) is 35.5. The fourth-order valence-corrected chi connectivity index (χ4v) is 6.55. The van der Waals surface area contributed by atoms with E-state index < -0.39 is 17.4 Å². The Morgan fingerprint density at radius 1 is 1.18 bits per heavy atom. The molecule has 0 spiro atoms. The van der Waals surface area contributed by atoms with Gasteiger partial charge in [0.15, 0.2) is 5.82 Å². The Labute approximate surface area is 163 Å². The summed E-state index contributed by atoms with van der Waals surface area (Å²) in [5.41, 5.74) is 4.73. The third-order valence-electron chi connectivity index (χ3n) is 7.61. The van der Waals surface area contributed by atoms with E-state index in [4.69, 9.17) is 10.3 Å². The molecule has 152 valence electrons. The van der Waals surface area contributed by atoms with Crippen molar-refractivity contribution in [3.8, 4) is 0 Å². The number of nitrogens with one attached hydrogen (secondary N) is 1. The quantitative estimate of drug-likeness (QED) is 0.646. The fourth-order valence-electron chi connectivity index (χ4n) is 6.55. The maximum atomic E-state index is 12.8. The number of aliphatic hydroxyl groups excluding tert-OH is 1. The van der Waals surface area contributed by atoms with Crippen molar-refractivity contribution < 1.29 is 19.2 Å². The first kappa shape index (κ1) is 18.1. The summed E-state index contributed by atoms with van der Waals surface area (Å²) in [6.45, 7) is -0.335. The van der Waals surface area contributed by atoms with E-state index in [1.165, 1.54) is 19.3 Å². The summed E-state index contributed by atoms with van der Waals surface area (Å²) in [6, 6.07) is -0.758. The molecule has 2 amide bonds. The number of primary amides is 1. The van der Waals surface area contributed by atoms with Crippen LogP contribution in [0.2, 0.25) is 0 Å². The smallest absolute Gasteiger partial charge is 0.251 e. The maximum absolute atomic E-state index is 12.8. The first-order chi connectivity index (χ1) is 13.4. The molecule has 0 aliphatic heterocycles. The number of aliphatic hydroxyl groups is 1. The summed E-state index contributed by atoms with van der Waals surface area (Å²) in [4.78, 5) is 28.7. The van der Waals surface area contributed by atoms with Gasteiger partial charge in [-0.25, -0.2) is 0 Å². The number of hydrogen-bond donors (Lipinski definition) is 3. The Kier molecular flexibility index (Phi) is 4.05. The summed E-state index contributed by atoms with van der Waals surface area (Å²) < 4.78 is 5.25. The van der Waals surface area contributed by atoms with Gasteiger partial charge in [-0.1, -0.05) is 5.16 Å². The van der Waals surface area contributed by atoms with Crippen LogP contribution >= 0.6 is 0 Å². The number of nitrogens with zero attached hydrogens (tertiary/aromatic N) is 2. The van der Waals surface area contributed by atoms with Crippen LogP contribution in [0.4, 0.5) is 0 Å². The minimum atomic E-state index is -0.842. The second-order valence-corrected chi connectivity index (χ2v) is 9.80. The molecule has 5 aliphatic carbocycles. The molecule has 28 heavy (non-hydrogen) atoms. The van der Waals surface area contributed by atoms with E-state index in [9.17, 15) is 14.7 Å². The molecule has 8 nitrogen and oxygen atoms in total. The molecule has 4 bridgehead atoms. The molecule has 1 atom stereocenters. The molecule has 0 radical (unpaired) electrons. The summed E-state index contributed by atoms with van der Waals surface area (Å²) in [7, 11) is 0. The molecule has 5 saturated carbocycles. The molecule has 4 N–H and O–H groups in total. The third-order valence-corrected chi connectivity index (χ3v) is 7.61. The van der Waals surface area contributed by atoms with Gasteiger partial charge >= 0.3 is 0 Å². The summed E-state index contributed by atoms with van der Waals surface area (Å²) in [6.07, 6.45) is 9.18. The standard InChI is InChI=1S/C20H28N4O4/c21-17(27)20(1-2-20)18-23-16(28-24-18)14(10-25)22-15(26)9-19-6-11-3-12(7-19)5-13(4-11)8-19/h11-14,25H,1-10H2,(H2,21,27)(H,22,26)/t11?,12?,13?,14-,19?/m1/s1. The molecule has 8 heteroatoms. The number of nitrogens with two attached hydrogens (primary N) is 1. The Hall–Kier alpha value is -1.96. The van der Waals surface area contributed by atoms with Crippen molar-refractivity contribution in [2.45, 2.75) is 69.2 Å². The fraction of sp³-hybridized carbons (Fsp3) is 0.800. The van der Waals surface area contributed by atoms with Crippen molar-refractivity contribution in [1.29, 1.82) is 0 Å². The Morgan fingerprint density at radius 2 is 1.79 bits per heavy atom. The summed E-state index contributed by atoms with van der Waals surface area (Å²) in [5, 5.41) is 16.5. The lowest BCUT2D eigenvalue weighted by Gasteiger charge is -2.56. The molecule has 6 rings (SSSR count). The van der Waals surface area contributed by atoms with Crippen molar-refractivity contribution >= 4 is 11.8 Å². The number of amides is 2. The Morgan fingerprint density at radius 3 is 2.29 bits per heavy atom. The summed E-state index contributed by atoms with van der Waals surface area (Å²) in [5.74, 6) is 2.20. The van der Waals surface area contributed by atoms with Gasteiger partial charge in [0.25, 0.3) is 5.89 Å². The number of aromatic nitrogens is 2. The lowest BCUT2D eigenvalue weighted by molar-refractivity contribution is -0.130. The number of carbonyl (C=O) groups excluding carboxylic acids is 2. The molecule has 0 saturated heterocycles. The lowest BCUT2D eigenvalue weighted by atomic mass is 9.49. The molecule has 0 aromatic carbocycles. The average molecular weight is 388 g/mol. The van der Waals surface area contributed by atoms with Gasteiger partial charge in [0.05, 0.1) is 6.61 Å². The predicted octanol–water partition coefficient (Wildman–Crippen LogP) is 1.34. The van der Waals surface area contributed by atoms with Crippen LogP contribution in [0.3, 0.4) is 0 Å². The third kappa shape index (κ3) is 2.93. The number of rotatable bonds is 7. The summed E-state index contributed by atoms with van der Waals surface area (Å²) >= 11 is 0. The zero-order valence-corrected chi connectivity index (χ0v) is 16.0. The van der Waals surface area contributed by atoms with Crippen LogP contribution in [0.25, 0.3) is 0 Å². The van der Waals surface area contributed by atoms with Crippen LogP contribution in [0, 0.1) is 23.2 Å². The number of carbonyl (C=O) groups is 2. The van der Waals surface area contributed by atoms with Crippen molar-refractivity contribution in [2.24, 2.45) is 28.9 Å². The van der Waals surface area contributed by atoms with Gasteiger partial charge in [0, 0.05) is 6.42 Å². The topological polar surface area (TPSA) is 131 Å². The van der Waals surface area contributed by atoms with Gasteiger partial charge in [-0.15, -0.1) is 0 Å². The van der Waals surface area contributed by atoms with E-state index in [0.29, 0.717) is 19.3 Å². The molecule has 5 fully saturated rings. The lowest BCUT2D eigenvalue weighted by Crippen LogP contribution is -2.48. The molecule has 1 aromatic heterocycles. The molecule has 1 heterocycles. The highest BCUT2D eigenvalue weighted by Gasteiger charge is 2.54. The monoisotopic (exact) mass is 388 g/mol. The zero-order valence-electron chi connectivity index (χ0n) is 16.0. The van der Waals surface area contributed by atoms with Crippen LogP contribution in [0.15, 0.2) is 4.52 Å². The molecule has 1 aromatic rings. The van der Waals surface area contributed by atoms with Gasteiger partial charge in [-0.2, -0.15) is 4.98 Å². The van der Waals surface area contributed by atoms with E-state index in [1.54, 1.807) is 0 Å². The second-order valence-electron chi connectivity index (χ2n) is 9.80. The largest absolute Gasteiger partial charge is 0.394 e. The SMILES string of the molecule is NC(=O)C1(c2noc([C@@H](CO)NC(=O)CC34CC5CC(CC(C5)C3)C4)n2)CC1. The maximum Gasteiger partial charge on any atom is 0.251 e. The van der Waals surface area contributed by atoms with E-state index >= 15 is 0 Å². The minimum absolute atomic E-state index is 0.0724. The second kappa shape index (κ2) is 6.27. The van der Waals surface area contributed by atoms with Crippen LogP contribution < -0.4 is 11.1 Å². The van der Waals surface area contributed by atoms with Crippen molar-refractivity contribution in [2.75, 3.05) is 6.61 Å². The minimum Gasteiger partial charge on any atom is -0.394 e. The van der Waals surface area contributed by atoms with E-state index in [0.717, 1.165) is 37.0 Å². The Balaban J connectivity index is 1.26. The van der Waals surface area contributed by atoms with E-state index in [1.807, 2.05) is 0 Å². The molecule has 0 unspecified atom stereocenters. The van der Waals surface area contributed by atoms with Crippen LogP contribution in [0.1, 0.15) is 75.5 Å². The van der Waals surface area contributed by atoms with Crippen molar-refractivity contribution in [1.82, 2.24) is 15.5 Å². The molecular weight excluding hydrogens is 360 g/mol. The first-order valence-corrected chi connectivity index (χ1v) is 10.5. The highest BCUT2D eigenvalue weighted by molar-refractivity contribution is 5.88. The Bertz CT molecular complexity index is 765. The highest BCUT2D eigenvalue weighted by atomic mass is 16.5. The van der Waals surface area contributed by atoms with E-state index in [2.05, 4.69) is 15.5 Å². The van der Waals surface area contributed by atoms with Crippen molar-refractivity contribution in [3.05, 3.63) is 11.7 Å². The molecular formula is C20H28N4O4. The van der Waals surface area contributed by atoms with Crippen LogP contribution in [0.5, 0.6) is 0 Å². The van der Waals surface area contributed by atoms with Gasteiger partial charge < -0.3 is 20.7 Å². The van der Waals surface area contributed by atoms with Gasteiger partial charge in [0.2, 0.25) is 11.8 Å². The number of hydrogen-bond acceptors (Lipinski definition) is 6. The van der Waals surface area contributed by atoms with Gasteiger partial charge in [-0.3, -0.25) is 9.59 Å². The van der Waals surface area contributed by atoms with Crippen LogP contribution in [-0.2, 0) is 15.0 Å². The van der Waals surface area contributed by atoms with Gasteiger partial charge in [-0.05, 0) is 74.5 Å². The highest BCUT2D eigenvalue weighted by Crippen LogP contribution is 2.61. The first-order valence-electron chi connectivity index (χ1n) is 10.5. The predicted molar refractivity (Wildman–Crippen MR) is 97.6 cm³/mol. The zero-order chi connectivity index (χ0) is 19.5. The van der Waals surface area contributed by atoms with Crippen LogP contribution in [-0.4, -0.2) is 33.7 Å². The average Bonchev–Trinajstić information content (AvgIpc) is 3.29. The van der Waals surface area contributed by atoms with E-state index in [-0.39, 0.29) is 29.6 Å². The van der Waals surface area contributed by atoms with Gasteiger partial charge in [0.1, 0.15) is 11.5 Å². The molecule has 5 aliphatic rings.